The zero-order valence-electron chi connectivity index (χ0n) is 14.6. The molecule has 0 radical (unpaired) electrons. The number of piperazine rings is 1. The van der Waals surface area contributed by atoms with Crippen LogP contribution < -0.4 is 0 Å². The second-order valence-electron chi connectivity index (χ2n) is 6.77. The highest BCUT2D eigenvalue weighted by molar-refractivity contribution is 7.86. The summed E-state index contributed by atoms with van der Waals surface area (Å²) in [7, 11) is -3.33. The van der Waals surface area contributed by atoms with Gasteiger partial charge in [0.2, 0.25) is 0 Å². The maximum atomic E-state index is 12.8. The third-order valence-electron chi connectivity index (χ3n) is 5.08. The van der Waals surface area contributed by atoms with Gasteiger partial charge in [-0.15, -0.1) is 0 Å². The van der Waals surface area contributed by atoms with Crippen LogP contribution in [0, 0.1) is 11.3 Å². The van der Waals surface area contributed by atoms with Gasteiger partial charge in [0.15, 0.2) is 0 Å². The van der Waals surface area contributed by atoms with Crippen molar-refractivity contribution in [3.05, 3.63) is 35.4 Å². The second kappa shape index (κ2) is 8.28. The summed E-state index contributed by atoms with van der Waals surface area (Å²) >= 11 is 0. The van der Waals surface area contributed by atoms with Crippen LogP contribution in [0.25, 0.3) is 0 Å². The lowest BCUT2D eigenvalue weighted by Crippen LogP contribution is -2.52. The highest BCUT2D eigenvalue weighted by Gasteiger charge is 2.32. The standard InChI is InChI=1S/C18H26N4O2S/c19-15-17-7-3-4-8-18(17)16-20-11-13-22(14-12-20)25(23,24)21-9-5-1-2-6-10-21/h3-4,7-8H,1-2,5-6,9-14,16H2. The SMILES string of the molecule is N#Cc1ccccc1CN1CCN(S(=O)(=O)N2CCCCCC2)CC1. The van der Waals surface area contributed by atoms with E-state index in [1.807, 2.05) is 24.3 Å². The lowest BCUT2D eigenvalue weighted by Gasteiger charge is -2.36. The summed E-state index contributed by atoms with van der Waals surface area (Å²) < 4.78 is 29.0. The summed E-state index contributed by atoms with van der Waals surface area (Å²) in [4.78, 5) is 2.23. The van der Waals surface area contributed by atoms with E-state index in [-0.39, 0.29) is 0 Å². The second-order valence-corrected chi connectivity index (χ2v) is 8.69. The Kier molecular flexibility index (Phi) is 6.07. The summed E-state index contributed by atoms with van der Waals surface area (Å²) in [5, 5.41) is 9.20. The van der Waals surface area contributed by atoms with Gasteiger partial charge in [0.1, 0.15) is 0 Å². The predicted octanol–water partition coefficient (Wildman–Crippen LogP) is 1.80. The molecule has 2 aliphatic heterocycles. The number of hydrogen-bond acceptors (Lipinski definition) is 4. The van der Waals surface area contributed by atoms with Gasteiger partial charge < -0.3 is 0 Å². The molecule has 0 atom stereocenters. The predicted molar refractivity (Wildman–Crippen MR) is 97.0 cm³/mol. The van der Waals surface area contributed by atoms with E-state index in [9.17, 15) is 13.7 Å². The molecule has 0 N–H and O–H groups in total. The number of hydrogen-bond donors (Lipinski definition) is 0. The van der Waals surface area contributed by atoms with E-state index in [4.69, 9.17) is 0 Å². The van der Waals surface area contributed by atoms with Gasteiger partial charge in [0.05, 0.1) is 11.6 Å². The molecule has 7 heteroatoms. The Bertz CT molecular complexity index is 713. The summed E-state index contributed by atoms with van der Waals surface area (Å²) in [5.41, 5.74) is 1.70. The third kappa shape index (κ3) is 4.39. The van der Waals surface area contributed by atoms with Gasteiger partial charge >= 0.3 is 0 Å². The average Bonchev–Trinajstić information content (AvgIpc) is 2.93. The van der Waals surface area contributed by atoms with E-state index in [0.29, 0.717) is 51.4 Å². The maximum Gasteiger partial charge on any atom is 0.282 e. The number of benzene rings is 1. The lowest BCUT2D eigenvalue weighted by molar-refractivity contribution is 0.174. The van der Waals surface area contributed by atoms with E-state index in [1.165, 1.54) is 0 Å². The van der Waals surface area contributed by atoms with Crippen molar-refractivity contribution in [3.8, 4) is 6.07 Å². The molecule has 1 aromatic carbocycles. The number of nitrogens with zero attached hydrogens (tertiary/aromatic N) is 4. The van der Waals surface area contributed by atoms with Crippen LogP contribution in [0.15, 0.2) is 24.3 Å². The minimum Gasteiger partial charge on any atom is -0.296 e. The Morgan fingerprint density at radius 1 is 0.880 bits per heavy atom. The van der Waals surface area contributed by atoms with Gasteiger partial charge in [-0.05, 0) is 24.5 Å². The fourth-order valence-electron chi connectivity index (χ4n) is 3.56. The Balaban J connectivity index is 1.59. The topological polar surface area (TPSA) is 67.6 Å². The van der Waals surface area contributed by atoms with Gasteiger partial charge in [0, 0.05) is 45.8 Å². The van der Waals surface area contributed by atoms with E-state index in [2.05, 4.69) is 11.0 Å². The van der Waals surface area contributed by atoms with Crippen molar-refractivity contribution in [1.82, 2.24) is 13.5 Å². The molecule has 0 spiro atoms. The Morgan fingerprint density at radius 2 is 1.48 bits per heavy atom. The van der Waals surface area contributed by atoms with Crippen molar-refractivity contribution in [2.24, 2.45) is 0 Å². The number of rotatable bonds is 4. The van der Waals surface area contributed by atoms with Crippen molar-refractivity contribution >= 4 is 10.2 Å². The lowest BCUT2D eigenvalue weighted by atomic mass is 10.1. The molecule has 0 unspecified atom stereocenters. The molecule has 2 fully saturated rings. The molecule has 2 heterocycles. The molecule has 1 aromatic rings. The monoisotopic (exact) mass is 362 g/mol. The largest absolute Gasteiger partial charge is 0.296 e. The van der Waals surface area contributed by atoms with Crippen LogP contribution in [0.5, 0.6) is 0 Å². The zero-order chi connectivity index (χ0) is 17.7. The van der Waals surface area contributed by atoms with Gasteiger partial charge in [-0.1, -0.05) is 31.0 Å². The smallest absolute Gasteiger partial charge is 0.282 e. The first kappa shape index (κ1) is 18.3. The van der Waals surface area contributed by atoms with E-state index in [0.717, 1.165) is 31.2 Å². The molecule has 2 saturated heterocycles. The maximum absolute atomic E-state index is 12.8. The van der Waals surface area contributed by atoms with Crippen LogP contribution in [0.4, 0.5) is 0 Å². The highest BCUT2D eigenvalue weighted by Crippen LogP contribution is 2.19. The molecule has 0 aliphatic carbocycles. The van der Waals surface area contributed by atoms with Crippen molar-refractivity contribution in [2.45, 2.75) is 32.2 Å². The summed E-state index contributed by atoms with van der Waals surface area (Å²) in [6, 6.07) is 9.84. The van der Waals surface area contributed by atoms with Crippen molar-refractivity contribution < 1.29 is 8.42 Å². The first-order chi connectivity index (χ1) is 12.1. The summed E-state index contributed by atoms with van der Waals surface area (Å²) in [5.74, 6) is 0. The van der Waals surface area contributed by atoms with Crippen molar-refractivity contribution in [3.63, 3.8) is 0 Å². The molecule has 2 aliphatic rings. The van der Waals surface area contributed by atoms with Crippen LogP contribution in [0.3, 0.4) is 0 Å². The van der Waals surface area contributed by atoms with E-state index >= 15 is 0 Å². The molecular formula is C18H26N4O2S. The first-order valence-corrected chi connectivity index (χ1v) is 10.5. The fraction of sp³-hybridized carbons (Fsp3) is 0.611. The van der Waals surface area contributed by atoms with Crippen LogP contribution in [-0.2, 0) is 16.8 Å². The zero-order valence-corrected chi connectivity index (χ0v) is 15.4. The van der Waals surface area contributed by atoms with Crippen LogP contribution in [0.1, 0.15) is 36.8 Å². The van der Waals surface area contributed by atoms with E-state index in [1.54, 1.807) is 8.61 Å². The van der Waals surface area contributed by atoms with Crippen LogP contribution in [0.2, 0.25) is 0 Å². The van der Waals surface area contributed by atoms with Gasteiger partial charge in [0.25, 0.3) is 10.2 Å². The molecule has 3 rings (SSSR count). The molecule has 6 nitrogen and oxygen atoms in total. The molecular weight excluding hydrogens is 336 g/mol. The average molecular weight is 362 g/mol. The molecule has 0 saturated carbocycles. The van der Waals surface area contributed by atoms with E-state index < -0.39 is 10.2 Å². The molecule has 0 aromatic heterocycles. The summed E-state index contributed by atoms with van der Waals surface area (Å²) in [6.45, 7) is 4.44. The third-order valence-corrected chi connectivity index (χ3v) is 7.12. The normalized spacial score (nSPS) is 21.6. The molecule has 0 amide bonds. The number of nitriles is 1. The molecule has 136 valence electrons. The van der Waals surface area contributed by atoms with Crippen LogP contribution in [-0.4, -0.2) is 61.2 Å². The van der Waals surface area contributed by atoms with Gasteiger partial charge in [-0.2, -0.15) is 22.3 Å². The van der Waals surface area contributed by atoms with Gasteiger partial charge in [-0.25, -0.2) is 0 Å². The van der Waals surface area contributed by atoms with Crippen molar-refractivity contribution in [2.75, 3.05) is 39.3 Å². The Hall–Kier alpha value is -1.46. The fourth-order valence-corrected chi connectivity index (χ4v) is 5.23. The van der Waals surface area contributed by atoms with Crippen LogP contribution >= 0.6 is 0 Å². The molecule has 25 heavy (non-hydrogen) atoms. The highest BCUT2D eigenvalue weighted by atomic mass is 32.2. The summed E-state index contributed by atoms with van der Waals surface area (Å²) in [6.07, 6.45) is 4.17. The first-order valence-electron chi connectivity index (χ1n) is 9.07. The minimum atomic E-state index is -3.33. The van der Waals surface area contributed by atoms with Crippen molar-refractivity contribution in [1.29, 1.82) is 5.26 Å². The Morgan fingerprint density at radius 3 is 2.12 bits per heavy atom. The Labute approximate surface area is 150 Å². The minimum absolute atomic E-state index is 0.521. The van der Waals surface area contributed by atoms with Gasteiger partial charge in [-0.3, -0.25) is 4.90 Å². The molecule has 0 bridgehead atoms. The quantitative estimate of drug-likeness (QED) is 0.819.